The summed E-state index contributed by atoms with van der Waals surface area (Å²) in [6.07, 6.45) is 0.620. The summed E-state index contributed by atoms with van der Waals surface area (Å²) in [4.78, 5) is 25.6. The van der Waals surface area contributed by atoms with Crippen molar-refractivity contribution in [2.45, 2.75) is 36.9 Å². The fraction of sp³-hybridized carbons (Fsp3) is 0.333. The summed E-state index contributed by atoms with van der Waals surface area (Å²) in [5, 5.41) is 14.0. The number of nitrogens with zero attached hydrogens (tertiary/aromatic N) is 7. The molecule has 2 unspecified atom stereocenters. The number of rotatable bonds is 5. The van der Waals surface area contributed by atoms with Crippen molar-refractivity contribution >= 4 is 50.8 Å². The molecule has 1 aliphatic carbocycles. The molecule has 0 radical (unpaired) electrons. The van der Waals surface area contributed by atoms with Crippen LogP contribution in [-0.2, 0) is 16.2 Å². The summed E-state index contributed by atoms with van der Waals surface area (Å²) >= 11 is 0. The maximum Gasteiger partial charge on any atom is 0.401 e. The van der Waals surface area contributed by atoms with E-state index in [0.29, 0.717) is 51.7 Å². The number of amides is 2. The van der Waals surface area contributed by atoms with Crippen LogP contribution in [0.1, 0.15) is 31.1 Å². The molecule has 212 valence electrons. The number of urea groups is 1. The zero-order chi connectivity index (χ0) is 28.5. The number of anilines is 3. The van der Waals surface area contributed by atoms with Crippen molar-refractivity contribution in [3.05, 3.63) is 42.7 Å². The number of hydrogen-bond acceptors (Lipinski definition) is 9. The molecular weight excluding hydrogens is 565 g/mol. The summed E-state index contributed by atoms with van der Waals surface area (Å²) in [5.74, 6) is 0.789. The highest BCUT2D eigenvalue weighted by molar-refractivity contribution is 7.85. The Labute approximate surface area is 230 Å². The van der Waals surface area contributed by atoms with Gasteiger partial charge in [0.05, 0.1) is 22.8 Å². The highest BCUT2D eigenvalue weighted by Crippen LogP contribution is 2.59. The lowest BCUT2D eigenvalue weighted by molar-refractivity contribution is -0.165. The minimum atomic E-state index is -4.46. The van der Waals surface area contributed by atoms with Gasteiger partial charge in [-0.1, -0.05) is 5.16 Å². The van der Waals surface area contributed by atoms with Gasteiger partial charge in [0.1, 0.15) is 23.3 Å². The average Bonchev–Trinajstić information content (AvgIpc) is 3.33. The van der Waals surface area contributed by atoms with Crippen LogP contribution in [0.5, 0.6) is 0 Å². The number of carbonyl (C=O) groups is 1. The molecule has 0 aromatic carbocycles. The summed E-state index contributed by atoms with van der Waals surface area (Å²) in [5.41, 5.74) is 6.49. The molecule has 6 heterocycles. The van der Waals surface area contributed by atoms with E-state index in [4.69, 9.17) is 15.4 Å². The van der Waals surface area contributed by atoms with Crippen LogP contribution in [-0.4, -0.2) is 62.2 Å². The van der Waals surface area contributed by atoms with E-state index in [1.807, 2.05) is 0 Å². The van der Waals surface area contributed by atoms with Crippen molar-refractivity contribution in [3.8, 4) is 11.4 Å². The molecule has 1 saturated carbocycles. The molecule has 1 aliphatic heterocycles. The first-order valence-corrected chi connectivity index (χ1v) is 14.1. The number of carbonyl (C=O) groups excluding carboxylic acids is 1. The second-order valence-electron chi connectivity index (χ2n) is 9.99. The van der Waals surface area contributed by atoms with Crippen molar-refractivity contribution in [3.63, 3.8) is 0 Å². The summed E-state index contributed by atoms with van der Waals surface area (Å²) in [7, 11) is -0.938. The third-order valence-corrected chi connectivity index (χ3v) is 8.92. The number of nitrogens with two attached hydrogens (primary N) is 1. The molecule has 7 rings (SSSR count). The van der Waals surface area contributed by atoms with Crippen molar-refractivity contribution < 1.29 is 26.7 Å². The largest absolute Gasteiger partial charge is 0.401 e. The Morgan fingerprint density at radius 2 is 2.00 bits per heavy atom. The van der Waals surface area contributed by atoms with E-state index >= 15 is 0 Å². The fourth-order valence-electron chi connectivity index (χ4n) is 5.20. The number of nitrogen functional groups attached to an aromatic ring is 1. The standard InChI is InChI=1S/C24H21F3N10O3S/c25-24(26,27)23(4-5-23)15-9-16(35-40-15)33-22(38)32-13-1-2-14(36-7-6-29-20(13)36)18-17-19(28)30-11-31-21(17)37(34-18)12-3-8-41(39)10-12/h1-2,6-7,9,11-12H,3-5,8,10H2,(H2,28,30,31)(H2,32,33,35,38). The van der Waals surface area contributed by atoms with Crippen molar-refractivity contribution in [1.29, 1.82) is 0 Å². The van der Waals surface area contributed by atoms with Crippen molar-refractivity contribution in [2.24, 2.45) is 0 Å². The summed E-state index contributed by atoms with van der Waals surface area (Å²) in [6, 6.07) is 3.56. The van der Waals surface area contributed by atoms with Gasteiger partial charge in [-0.2, -0.15) is 18.3 Å². The van der Waals surface area contributed by atoms with Crippen LogP contribution < -0.4 is 16.4 Å². The van der Waals surface area contributed by atoms with Crippen molar-refractivity contribution in [2.75, 3.05) is 27.9 Å². The summed E-state index contributed by atoms with van der Waals surface area (Å²) < 4.78 is 60.6. The average molecular weight is 587 g/mol. The first-order chi connectivity index (χ1) is 19.6. The number of alkyl halides is 3. The second kappa shape index (κ2) is 8.98. The number of nitrogens with one attached hydrogen (secondary N) is 2. The molecule has 0 spiro atoms. The van der Waals surface area contributed by atoms with Gasteiger partial charge in [-0.25, -0.2) is 24.4 Å². The highest BCUT2D eigenvalue weighted by atomic mass is 32.2. The Morgan fingerprint density at radius 3 is 2.73 bits per heavy atom. The van der Waals surface area contributed by atoms with E-state index in [2.05, 4.69) is 30.7 Å². The number of pyridine rings is 1. The van der Waals surface area contributed by atoms with Crippen LogP contribution in [0.2, 0.25) is 0 Å². The van der Waals surface area contributed by atoms with Gasteiger partial charge in [-0.05, 0) is 31.4 Å². The lowest BCUT2D eigenvalue weighted by Crippen LogP contribution is -2.28. The molecule has 4 N–H and O–H groups in total. The Kier molecular flexibility index (Phi) is 5.57. The van der Waals surface area contributed by atoms with Gasteiger partial charge in [-0.3, -0.25) is 13.9 Å². The molecule has 2 aliphatic rings. The maximum absolute atomic E-state index is 13.4. The van der Waals surface area contributed by atoms with Crippen LogP contribution in [0.3, 0.4) is 0 Å². The number of fused-ring (bicyclic) bond motifs is 2. The Bertz CT molecular complexity index is 1860. The third kappa shape index (κ3) is 4.10. The predicted octanol–water partition coefficient (Wildman–Crippen LogP) is 3.64. The van der Waals surface area contributed by atoms with Gasteiger partial charge < -0.3 is 15.6 Å². The van der Waals surface area contributed by atoms with Crippen LogP contribution >= 0.6 is 0 Å². The lowest BCUT2D eigenvalue weighted by atomic mass is 10.0. The number of imidazole rings is 1. The molecule has 5 aromatic heterocycles. The van der Waals surface area contributed by atoms with E-state index in [0.717, 1.165) is 6.07 Å². The van der Waals surface area contributed by atoms with Gasteiger partial charge in [0.15, 0.2) is 22.9 Å². The lowest BCUT2D eigenvalue weighted by Gasteiger charge is -2.15. The Morgan fingerprint density at radius 1 is 1.17 bits per heavy atom. The molecule has 1 saturated heterocycles. The molecule has 5 aromatic rings. The van der Waals surface area contributed by atoms with Crippen LogP contribution in [0.15, 0.2) is 41.4 Å². The normalized spacial score (nSPS) is 20.1. The quantitative estimate of drug-likeness (QED) is 0.278. The molecule has 41 heavy (non-hydrogen) atoms. The van der Waals surface area contributed by atoms with E-state index in [-0.39, 0.29) is 36.3 Å². The first-order valence-electron chi connectivity index (χ1n) is 12.6. The monoisotopic (exact) mass is 586 g/mol. The van der Waals surface area contributed by atoms with Gasteiger partial charge in [0.25, 0.3) is 0 Å². The molecule has 0 bridgehead atoms. The molecular formula is C24H21F3N10O3S. The number of hydrogen-bond donors (Lipinski definition) is 3. The minimum Gasteiger partial charge on any atom is -0.383 e. The van der Waals surface area contributed by atoms with Gasteiger partial charge >= 0.3 is 12.2 Å². The van der Waals surface area contributed by atoms with E-state index in [1.54, 1.807) is 27.4 Å². The number of aromatic nitrogens is 7. The summed E-state index contributed by atoms with van der Waals surface area (Å²) in [6.45, 7) is 0. The van der Waals surface area contributed by atoms with Gasteiger partial charge in [0, 0.05) is 40.8 Å². The maximum atomic E-state index is 13.4. The Hall–Kier alpha value is -4.54. The fourth-order valence-corrected chi connectivity index (χ4v) is 6.64. The molecule has 13 nitrogen and oxygen atoms in total. The minimum absolute atomic E-state index is 0.0903. The first kappa shape index (κ1) is 25.4. The molecule has 17 heteroatoms. The molecule has 2 fully saturated rings. The smallest absolute Gasteiger partial charge is 0.383 e. The zero-order valence-corrected chi connectivity index (χ0v) is 21.9. The molecule has 2 atom stereocenters. The molecule has 2 amide bonds. The second-order valence-corrected chi connectivity index (χ2v) is 11.6. The van der Waals surface area contributed by atoms with E-state index in [1.165, 1.54) is 12.5 Å². The zero-order valence-electron chi connectivity index (χ0n) is 21.1. The highest BCUT2D eigenvalue weighted by Gasteiger charge is 2.67. The van der Waals surface area contributed by atoms with Gasteiger partial charge in [-0.15, -0.1) is 0 Å². The van der Waals surface area contributed by atoms with E-state index in [9.17, 15) is 22.2 Å². The Balaban J connectivity index is 1.19. The van der Waals surface area contributed by atoms with Crippen LogP contribution in [0, 0.1) is 0 Å². The topological polar surface area (TPSA) is 171 Å². The predicted molar refractivity (Wildman–Crippen MR) is 142 cm³/mol. The third-order valence-electron chi connectivity index (χ3n) is 7.48. The van der Waals surface area contributed by atoms with Gasteiger partial charge in [0.2, 0.25) is 0 Å². The van der Waals surface area contributed by atoms with Crippen LogP contribution in [0.25, 0.3) is 28.1 Å². The number of halogens is 3. The van der Waals surface area contributed by atoms with E-state index < -0.39 is 28.4 Å². The SMILES string of the molecule is Nc1ncnc2c1c(-c1ccc(NC(=O)Nc3cc(C4(C(F)(F)F)CC4)on3)c3nccn13)nn2C1CCS(=O)C1. The van der Waals surface area contributed by atoms with Crippen LogP contribution in [0.4, 0.5) is 35.3 Å². The van der Waals surface area contributed by atoms with Crippen molar-refractivity contribution in [1.82, 2.24) is 34.3 Å².